The summed E-state index contributed by atoms with van der Waals surface area (Å²) in [6, 6.07) is 5.71. The molecule has 1 unspecified atom stereocenters. The van der Waals surface area contributed by atoms with Gasteiger partial charge in [0.05, 0.1) is 13.2 Å². The number of nitrogens with one attached hydrogen (secondary N) is 2. The van der Waals surface area contributed by atoms with E-state index < -0.39 is 0 Å². The molecule has 2 aromatic rings. The fourth-order valence-electron chi connectivity index (χ4n) is 4.01. The zero-order valence-corrected chi connectivity index (χ0v) is 17.6. The topological polar surface area (TPSA) is 90.6 Å². The van der Waals surface area contributed by atoms with E-state index in [1.54, 1.807) is 24.7 Å². The Balaban J connectivity index is 1.35. The van der Waals surface area contributed by atoms with E-state index in [-0.39, 0.29) is 17.5 Å². The third-order valence-corrected chi connectivity index (χ3v) is 5.74. The average Bonchev–Trinajstić information content (AvgIpc) is 2.82. The van der Waals surface area contributed by atoms with Gasteiger partial charge in [0.2, 0.25) is 5.91 Å². The van der Waals surface area contributed by atoms with Gasteiger partial charge in [0.15, 0.2) is 0 Å². The zero-order valence-electron chi connectivity index (χ0n) is 17.6. The number of nitrogens with zero attached hydrogens (tertiary/aromatic N) is 3. The number of hydrogen-bond acceptors (Lipinski definition) is 6. The molecule has 2 aromatic heterocycles. The fourth-order valence-corrected chi connectivity index (χ4v) is 4.01. The summed E-state index contributed by atoms with van der Waals surface area (Å²) in [7, 11) is 0. The molecule has 0 radical (unpaired) electrons. The molecule has 1 atom stereocenters. The lowest BCUT2D eigenvalue weighted by molar-refractivity contribution is -0.127. The van der Waals surface area contributed by atoms with Crippen LogP contribution in [0.3, 0.4) is 0 Å². The minimum Gasteiger partial charge on any atom is -0.379 e. The van der Waals surface area contributed by atoms with E-state index >= 15 is 0 Å². The quantitative estimate of drug-likeness (QED) is 0.688. The van der Waals surface area contributed by atoms with Gasteiger partial charge in [0.1, 0.15) is 5.69 Å². The molecule has 2 N–H and O–H groups in total. The summed E-state index contributed by atoms with van der Waals surface area (Å²) in [5, 5.41) is 3.35. The fraction of sp³-hybridized carbons (Fsp3) is 0.435. The van der Waals surface area contributed by atoms with E-state index in [2.05, 4.69) is 20.2 Å². The highest BCUT2D eigenvalue weighted by Gasteiger charge is 2.23. The van der Waals surface area contributed by atoms with Crippen molar-refractivity contribution in [2.75, 3.05) is 51.3 Å². The van der Waals surface area contributed by atoms with Crippen LogP contribution in [0.5, 0.6) is 0 Å². The molecule has 0 spiro atoms. The number of morpholine rings is 1. The molecule has 2 aliphatic rings. The van der Waals surface area contributed by atoms with Crippen LogP contribution >= 0.6 is 0 Å². The lowest BCUT2D eigenvalue weighted by Gasteiger charge is -2.33. The maximum atomic E-state index is 12.6. The molecule has 2 aliphatic heterocycles. The third kappa shape index (κ3) is 5.80. The van der Waals surface area contributed by atoms with E-state index in [0.29, 0.717) is 12.2 Å². The second-order valence-electron chi connectivity index (χ2n) is 7.95. The summed E-state index contributed by atoms with van der Waals surface area (Å²) in [5.41, 5.74) is 2.27. The van der Waals surface area contributed by atoms with E-state index in [0.717, 1.165) is 63.4 Å². The largest absolute Gasteiger partial charge is 0.379 e. The first-order valence-electron chi connectivity index (χ1n) is 10.8. The highest BCUT2D eigenvalue weighted by Crippen LogP contribution is 2.20. The highest BCUT2D eigenvalue weighted by atomic mass is 16.5. The predicted octanol–water partition coefficient (Wildman–Crippen LogP) is 1.73. The molecule has 2 saturated heterocycles. The van der Waals surface area contributed by atoms with Crippen molar-refractivity contribution in [2.45, 2.75) is 18.9 Å². The Morgan fingerprint density at radius 3 is 2.84 bits per heavy atom. The third-order valence-electron chi connectivity index (χ3n) is 5.74. The Labute approximate surface area is 181 Å². The highest BCUT2D eigenvalue weighted by molar-refractivity contribution is 5.87. The molecule has 8 heteroatoms. The van der Waals surface area contributed by atoms with Crippen molar-refractivity contribution in [2.24, 2.45) is 0 Å². The second kappa shape index (κ2) is 10.4. The van der Waals surface area contributed by atoms with Gasteiger partial charge in [-0.1, -0.05) is 6.08 Å². The van der Waals surface area contributed by atoms with Gasteiger partial charge in [0.25, 0.3) is 5.56 Å². The molecular formula is C23H29N5O3. The lowest BCUT2D eigenvalue weighted by Crippen LogP contribution is -2.45. The van der Waals surface area contributed by atoms with E-state index in [1.807, 2.05) is 29.2 Å². The molecule has 31 heavy (non-hydrogen) atoms. The number of hydrogen-bond donors (Lipinski definition) is 2. The van der Waals surface area contributed by atoms with Crippen LogP contribution in [-0.2, 0) is 9.53 Å². The normalized spacial score (nSPS) is 20.1. The monoisotopic (exact) mass is 423 g/mol. The molecule has 4 rings (SSSR count). The number of carbonyl (C=O) groups excluding carboxylic acids is 1. The first-order chi connectivity index (χ1) is 15.2. The van der Waals surface area contributed by atoms with Crippen molar-refractivity contribution in [3.63, 3.8) is 0 Å². The van der Waals surface area contributed by atoms with Crippen LogP contribution in [0.1, 0.15) is 12.8 Å². The number of rotatable bonds is 6. The number of likely N-dealkylation sites (tertiary alicyclic amines) is 1. The number of H-pyrrole nitrogens is 1. The number of amides is 1. The van der Waals surface area contributed by atoms with E-state index in [9.17, 15) is 9.59 Å². The van der Waals surface area contributed by atoms with Crippen molar-refractivity contribution >= 4 is 11.6 Å². The van der Waals surface area contributed by atoms with Crippen molar-refractivity contribution in [1.82, 2.24) is 19.8 Å². The molecule has 0 aliphatic carbocycles. The Bertz CT molecular complexity index is 953. The Morgan fingerprint density at radius 1 is 1.23 bits per heavy atom. The average molecular weight is 424 g/mol. The number of piperidine rings is 1. The smallest absolute Gasteiger partial charge is 0.271 e. The molecule has 1 amide bonds. The van der Waals surface area contributed by atoms with Gasteiger partial charge in [-0.25, -0.2) is 0 Å². The van der Waals surface area contributed by atoms with Gasteiger partial charge < -0.3 is 19.9 Å². The summed E-state index contributed by atoms with van der Waals surface area (Å²) < 4.78 is 5.35. The van der Waals surface area contributed by atoms with Crippen LogP contribution in [0.25, 0.3) is 11.1 Å². The summed E-state index contributed by atoms with van der Waals surface area (Å²) in [6.45, 7) is 5.40. The lowest BCUT2D eigenvalue weighted by atomic mass is 10.0. The van der Waals surface area contributed by atoms with Gasteiger partial charge >= 0.3 is 0 Å². The maximum Gasteiger partial charge on any atom is 0.271 e. The molecule has 0 bridgehead atoms. The van der Waals surface area contributed by atoms with Gasteiger partial charge in [-0.2, -0.15) is 0 Å². The minimum absolute atomic E-state index is 0.0270. The Hall–Kier alpha value is -2.97. The second-order valence-corrected chi connectivity index (χ2v) is 7.95. The summed E-state index contributed by atoms with van der Waals surface area (Å²) in [6.07, 6.45) is 10.6. The number of pyridine rings is 2. The number of carbonyl (C=O) groups is 1. The molecule has 0 aromatic carbocycles. The van der Waals surface area contributed by atoms with Crippen molar-refractivity contribution in [3.05, 3.63) is 59.3 Å². The number of aromatic nitrogens is 2. The van der Waals surface area contributed by atoms with Crippen LogP contribution in [0.4, 0.5) is 5.69 Å². The standard InChI is InChI=1S/C23H29N5O3/c29-22(4-2-9-27-11-13-31-14-12-27)28-10-1-3-20(17-28)26-21-15-19(16-25-23(21)30)18-5-7-24-8-6-18/h2,4-8,15-16,20,26H,1,3,9-14,17H2,(H,25,30)/b4-2+. The van der Waals surface area contributed by atoms with E-state index in [1.165, 1.54) is 0 Å². The Kier molecular flexibility index (Phi) is 7.11. The van der Waals surface area contributed by atoms with Crippen LogP contribution in [-0.4, -0.2) is 77.7 Å². The molecule has 164 valence electrons. The maximum absolute atomic E-state index is 12.6. The van der Waals surface area contributed by atoms with Crippen LogP contribution < -0.4 is 10.9 Å². The van der Waals surface area contributed by atoms with Gasteiger partial charge in [-0.15, -0.1) is 0 Å². The molecule has 0 saturated carbocycles. The first-order valence-corrected chi connectivity index (χ1v) is 10.8. The van der Waals surface area contributed by atoms with Crippen LogP contribution in [0, 0.1) is 0 Å². The SMILES string of the molecule is O=C(/C=C/CN1CCOCC1)N1CCCC(Nc2cc(-c3ccncc3)c[nH]c2=O)C1. The summed E-state index contributed by atoms with van der Waals surface area (Å²) in [4.78, 5) is 36.0. The van der Waals surface area contributed by atoms with Crippen LogP contribution in [0.15, 0.2) is 53.7 Å². The van der Waals surface area contributed by atoms with Crippen LogP contribution in [0.2, 0.25) is 0 Å². The first kappa shape index (κ1) is 21.3. The zero-order chi connectivity index (χ0) is 21.5. The van der Waals surface area contributed by atoms with Crippen molar-refractivity contribution in [1.29, 1.82) is 0 Å². The molecule has 4 heterocycles. The number of ether oxygens (including phenoxy) is 1. The minimum atomic E-state index is -0.160. The summed E-state index contributed by atoms with van der Waals surface area (Å²) >= 11 is 0. The number of anilines is 1. The Morgan fingerprint density at radius 2 is 2.03 bits per heavy atom. The van der Waals surface area contributed by atoms with Gasteiger partial charge in [-0.3, -0.25) is 19.5 Å². The number of aromatic amines is 1. The molecule has 2 fully saturated rings. The van der Waals surface area contributed by atoms with E-state index in [4.69, 9.17) is 4.74 Å². The van der Waals surface area contributed by atoms with Crippen molar-refractivity contribution in [3.8, 4) is 11.1 Å². The molecule has 8 nitrogen and oxygen atoms in total. The van der Waals surface area contributed by atoms with Gasteiger partial charge in [-0.05, 0) is 36.6 Å². The predicted molar refractivity (Wildman–Crippen MR) is 120 cm³/mol. The van der Waals surface area contributed by atoms with Gasteiger partial charge in [0, 0.05) is 69.0 Å². The van der Waals surface area contributed by atoms with Crippen molar-refractivity contribution < 1.29 is 9.53 Å². The molecular weight excluding hydrogens is 394 g/mol. The summed E-state index contributed by atoms with van der Waals surface area (Å²) in [5.74, 6) is 0.0270.